The standard InChI is InChI=1S/C9H7ClFN3O/c1-5-12-9(15)14(13-5)8-3-2-6(10)4-7(8)11/h2-4H,1H3,(H,12,13,15)/i1D3. The lowest BCUT2D eigenvalue weighted by molar-refractivity contribution is 0.607. The molecule has 2 aromatic rings. The number of halogens is 2. The Balaban J connectivity index is 2.58. The van der Waals surface area contributed by atoms with Crippen molar-refractivity contribution in [2.75, 3.05) is 0 Å². The van der Waals surface area contributed by atoms with Gasteiger partial charge >= 0.3 is 5.69 Å². The average Bonchev–Trinajstić information content (AvgIpc) is 2.60. The highest BCUT2D eigenvalue weighted by atomic mass is 35.5. The molecular formula is C9H7ClFN3O. The molecule has 1 heterocycles. The molecule has 0 saturated heterocycles. The van der Waals surface area contributed by atoms with E-state index in [9.17, 15) is 9.18 Å². The monoisotopic (exact) mass is 230 g/mol. The van der Waals surface area contributed by atoms with Gasteiger partial charge in [0.2, 0.25) is 0 Å². The number of hydrogen-bond donors (Lipinski definition) is 1. The van der Waals surface area contributed by atoms with Crippen LogP contribution in [0.1, 0.15) is 9.94 Å². The van der Waals surface area contributed by atoms with Crippen molar-refractivity contribution in [3.05, 3.63) is 45.3 Å². The van der Waals surface area contributed by atoms with Crippen LogP contribution in [0.2, 0.25) is 5.02 Å². The van der Waals surface area contributed by atoms with Crippen LogP contribution in [0.4, 0.5) is 4.39 Å². The first kappa shape index (κ1) is 6.79. The smallest absolute Gasteiger partial charge is 0.293 e. The van der Waals surface area contributed by atoms with Crippen molar-refractivity contribution in [3.8, 4) is 5.69 Å². The molecule has 1 N–H and O–H groups in total. The van der Waals surface area contributed by atoms with Crippen molar-refractivity contribution in [2.45, 2.75) is 6.85 Å². The van der Waals surface area contributed by atoms with E-state index < -0.39 is 24.2 Å². The van der Waals surface area contributed by atoms with Crippen LogP contribution in [-0.2, 0) is 0 Å². The Morgan fingerprint density at radius 3 is 3.07 bits per heavy atom. The summed E-state index contributed by atoms with van der Waals surface area (Å²) in [6.45, 7) is -2.56. The summed E-state index contributed by atoms with van der Waals surface area (Å²) < 4.78 is 35.5. The van der Waals surface area contributed by atoms with E-state index >= 15 is 0 Å². The molecule has 0 radical (unpaired) electrons. The number of aromatic nitrogens is 3. The molecule has 15 heavy (non-hydrogen) atoms. The Hall–Kier alpha value is -1.62. The highest BCUT2D eigenvalue weighted by Crippen LogP contribution is 2.16. The molecule has 4 nitrogen and oxygen atoms in total. The first-order valence-electron chi connectivity index (χ1n) is 5.44. The van der Waals surface area contributed by atoms with Crippen LogP contribution in [0.5, 0.6) is 0 Å². The number of aryl methyl sites for hydroxylation is 1. The molecule has 0 fully saturated rings. The number of nitrogens with one attached hydrogen (secondary N) is 1. The number of aromatic amines is 1. The highest BCUT2D eigenvalue weighted by molar-refractivity contribution is 6.30. The fourth-order valence-corrected chi connectivity index (χ4v) is 1.30. The number of hydrogen-bond acceptors (Lipinski definition) is 2. The average molecular weight is 231 g/mol. The predicted molar refractivity (Wildman–Crippen MR) is 53.9 cm³/mol. The Labute approximate surface area is 93.5 Å². The molecule has 0 unspecified atom stereocenters. The van der Waals surface area contributed by atoms with Crippen molar-refractivity contribution in [2.24, 2.45) is 0 Å². The van der Waals surface area contributed by atoms with E-state index in [-0.39, 0.29) is 10.7 Å². The molecule has 6 heteroatoms. The Kier molecular flexibility index (Phi) is 1.59. The van der Waals surface area contributed by atoms with E-state index in [2.05, 4.69) is 10.1 Å². The zero-order chi connectivity index (χ0) is 13.5. The summed E-state index contributed by atoms with van der Waals surface area (Å²) >= 11 is 5.58. The normalized spacial score (nSPS) is 14.4. The molecule has 0 spiro atoms. The molecule has 78 valence electrons. The lowest BCUT2D eigenvalue weighted by Crippen LogP contribution is -2.17. The lowest BCUT2D eigenvalue weighted by atomic mass is 10.3. The number of rotatable bonds is 1. The zero-order valence-corrected chi connectivity index (χ0v) is 8.05. The molecule has 0 bridgehead atoms. The maximum Gasteiger partial charge on any atom is 0.348 e. The van der Waals surface area contributed by atoms with Crippen molar-refractivity contribution in [1.29, 1.82) is 0 Å². The van der Waals surface area contributed by atoms with E-state index in [1.165, 1.54) is 12.1 Å². The van der Waals surface area contributed by atoms with E-state index in [0.29, 0.717) is 4.68 Å². The van der Waals surface area contributed by atoms with Crippen LogP contribution in [0.15, 0.2) is 23.0 Å². The molecule has 0 amide bonds. The van der Waals surface area contributed by atoms with Gasteiger partial charge in [-0.05, 0) is 25.1 Å². The van der Waals surface area contributed by atoms with Gasteiger partial charge in [-0.2, -0.15) is 9.78 Å². The Bertz CT molecular complexity index is 649. The van der Waals surface area contributed by atoms with Gasteiger partial charge in [0.15, 0.2) is 5.82 Å². The van der Waals surface area contributed by atoms with Gasteiger partial charge in [0, 0.05) is 9.13 Å². The maximum absolute atomic E-state index is 13.6. The fourth-order valence-electron chi connectivity index (χ4n) is 1.14. The van der Waals surface area contributed by atoms with Crippen LogP contribution in [0.3, 0.4) is 0 Å². The molecule has 0 atom stereocenters. The number of benzene rings is 1. The maximum atomic E-state index is 13.6. The van der Waals surface area contributed by atoms with Gasteiger partial charge in [-0.15, -0.1) is 0 Å². The van der Waals surface area contributed by atoms with Crippen molar-refractivity contribution in [3.63, 3.8) is 0 Å². The van der Waals surface area contributed by atoms with Crippen molar-refractivity contribution in [1.82, 2.24) is 14.8 Å². The van der Waals surface area contributed by atoms with E-state index in [1.54, 1.807) is 0 Å². The molecule has 0 aliphatic carbocycles. The van der Waals surface area contributed by atoms with Gasteiger partial charge in [0.25, 0.3) is 0 Å². The molecule has 1 aromatic heterocycles. The largest absolute Gasteiger partial charge is 0.348 e. The fraction of sp³-hybridized carbons (Fsp3) is 0.111. The minimum Gasteiger partial charge on any atom is -0.293 e. The summed E-state index contributed by atoms with van der Waals surface area (Å²) in [4.78, 5) is 13.6. The van der Waals surface area contributed by atoms with E-state index in [4.69, 9.17) is 15.7 Å². The first-order valence-corrected chi connectivity index (χ1v) is 4.32. The van der Waals surface area contributed by atoms with Gasteiger partial charge in [-0.25, -0.2) is 9.18 Å². The minimum absolute atomic E-state index is 0.163. The van der Waals surface area contributed by atoms with Crippen molar-refractivity contribution >= 4 is 11.6 Å². The van der Waals surface area contributed by atoms with Crippen LogP contribution in [0, 0.1) is 12.7 Å². The summed E-state index contributed by atoms with van der Waals surface area (Å²) in [5, 5.41) is 3.71. The summed E-state index contributed by atoms with van der Waals surface area (Å²) in [7, 11) is 0. The van der Waals surface area contributed by atoms with Crippen LogP contribution >= 0.6 is 11.6 Å². The molecule has 0 aliphatic heterocycles. The van der Waals surface area contributed by atoms with E-state index in [0.717, 1.165) is 6.07 Å². The van der Waals surface area contributed by atoms with Crippen molar-refractivity contribution < 1.29 is 8.50 Å². The molecule has 1 aromatic carbocycles. The van der Waals surface area contributed by atoms with E-state index in [1.807, 2.05) is 0 Å². The third kappa shape index (κ3) is 1.78. The van der Waals surface area contributed by atoms with Gasteiger partial charge in [-0.1, -0.05) is 11.6 Å². The molecule has 0 aliphatic rings. The van der Waals surface area contributed by atoms with Gasteiger partial charge in [-0.3, -0.25) is 4.98 Å². The Morgan fingerprint density at radius 2 is 2.47 bits per heavy atom. The summed E-state index contributed by atoms with van der Waals surface area (Å²) in [5.74, 6) is -1.27. The summed E-state index contributed by atoms with van der Waals surface area (Å²) in [6, 6.07) is 3.62. The molecule has 0 saturated carbocycles. The number of nitrogens with zero attached hydrogens (tertiary/aromatic N) is 2. The van der Waals surface area contributed by atoms with Gasteiger partial charge < -0.3 is 0 Å². The second-order valence-electron chi connectivity index (χ2n) is 2.79. The predicted octanol–water partition coefficient (Wildman–Crippen LogP) is 1.66. The third-order valence-electron chi connectivity index (χ3n) is 1.76. The molecule has 2 rings (SSSR count). The SMILES string of the molecule is [2H]C([2H])([2H])c1nn(-c2ccc(Cl)cc2F)c(=O)[nH]1. The quantitative estimate of drug-likeness (QED) is 0.810. The topological polar surface area (TPSA) is 50.7 Å². The lowest BCUT2D eigenvalue weighted by Gasteiger charge is -2.00. The summed E-state index contributed by atoms with van der Waals surface area (Å²) in [6.07, 6.45) is 0. The minimum atomic E-state index is -2.56. The summed E-state index contributed by atoms with van der Waals surface area (Å²) in [5.41, 5.74) is -1.00. The van der Waals surface area contributed by atoms with Gasteiger partial charge in [0.05, 0.1) is 0 Å². The zero-order valence-electron chi connectivity index (χ0n) is 10.3. The third-order valence-corrected chi connectivity index (χ3v) is 1.99. The van der Waals surface area contributed by atoms with Gasteiger partial charge in [0.1, 0.15) is 11.5 Å². The second kappa shape index (κ2) is 3.51. The molecular weight excluding hydrogens is 221 g/mol. The van der Waals surface area contributed by atoms with Crippen LogP contribution in [-0.4, -0.2) is 14.8 Å². The first-order chi connectivity index (χ1) is 8.29. The number of H-pyrrole nitrogens is 1. The van der Waals surface area contributed by atoms with Crippen LogP contribution in [0.25, 0.3) is 5.69 Å². The Morgan fingerprint density at radius 1 is 1.67 bits per heavy atom. The highest BCUT2D eigenvalue weighted by Gasteiger charge is 2.09. The van der Waals surface area contributed by atoms with Crippen LogP contribution < -0.4 is 5.69 Å². The second-order valence-corrected chi connectivity index (χ2v) is 3.22.